The van der Waals surface area contributed by atoms with Gasteiger partial charge in [-0.2, -0.15) is 0 Å². The van der Waals surface area contributed by atoms with Gasteiger partial charge < -0.3 is 15.5 Å². The summed E-state index contributed by atoms with van der Waals surface area (Å²) in [5.41, 5.74) is 4.52. The number of rotatable bonds is 4. The molecular weight excluding hydrogens is 272 g/mol. The third kappa shape index (κ3) is 2.59. The number of fused-ring (bicyclic) bond motifs is 1. The zero-order valence-corrected chi connectivity index (χ0v) is 11.1. The van der Waals surface area contributed by atoms with Gasteiger partial charge >= 0.3 is 0 Å². The van der Waals surface area contributed by atoms with Gasteiger partial charge in [0.05, 0.1) is 16.7 Å². The lowest BCUT2D eigenvalue weighted by atomic mass is 10.1. The van der Waals surface area contributed by atoms with Gasteiger partial charge in [-0.25, -0.2) is 0 Å². The number of para-hydroxylation sites is 1. The molecule has 3 rings (SSSR count). The zero-order chi connectivity index (χ0) is 14.8. The first-order chi connectivity index (χ1) is 10.2. The largest absolute Gasteiger partial charge is 0.491 e. The molecule has 2 aromatic carbocycles. The summed E-state index contributed by atoms with van der Waals surface area (Å²) in [6.07, 6.45) is 0. The highest BCUT2D eigenvalue weighted by atomic mass is 16.6. The van der Waals surface area contributed by atoms with Gasteiger partial charge in [-0.05, 0) is 12.1 Å². The van der Waals surface area contributed by atoms with E-state index in [1.165, 1.54) is 12.1 Å². The SMILES string of the molecule is NNc1cc(NC2COc3ccccc32)cc([N+](=O)[O-])c1. The number of hydrazine groups is 1. The van der Waals surface area contributed by atoms with Crippen LogP contribution < -0.4 is 21.3 Å². The summed E-state index contributed by atoms with van der Waals surface area (Å²) < 4.78 is 5.58. The highest BCUT2D eigenvalue weighted by Gasteiger charge is 2.24. The monoisotopic (exact) mass is 286 g/mol. The maximum atomic E-state index is 10.9. The summed E-state index contributed by atoms with van der Waals surface area (Å²) in [4.78, 5) is 10.5. The first-order valence-electron chi connectivity index (χ1n) is 6.42. The van der Waals surface area contributed by atoms with Crippen LogP contribution in [0.4, 0.5) is 17.1 Å². The summed E-state index contributed by atoms with van der Waals surface area (Å²) in [7, 11) is 0. The number of hydrogen-bond donors (Lipinski definition) is 3. The average molecular weight is 286 g/mol. The topological polar surface area (TPSA) is 102 Å². The van der Waals surface area contributed by atoms with Crippen molar-refractivity contribution >= 4 is 17.1 Å². The van der Waals surface area contributed by atoms with Crippen LogP contribution in [0.3, 0.4) is 0 Å². The van der Waals surface area contributed by atoms with Crippen molar-refractivity contribution < 1.29 is 9.66 Å². The van der Waals surface area contributed by atoms with Gasteiger partial charge in [0.25, 0.3) is 5.69 Å². The predicted octanol–water partition coefficient (Wildman–Crippen LogP) is 2.43. The number of ether oxygens (including phenoxy) is 1. The number of nitrogen functional groups attached to an aromatic ring is 1. The van der Waals surface area contributed by atoms with Crippen molar-refractivity contribution in [1.29, 1.82) is 0 Å². The van der Waals surface area contributed by atoms with E-state index < -0.39 is 4.92 Å². The number of hydrogen-bond acceptors (Lipinski definition) is 6. The van der Waals surface area contributed by atoms with Crippen LogP contribution in [-0.2, 0) is 0 Å². The fourth-order valence-electron chi connectivity index (χ4n) is 2.37. The minimum Gasteiger partial charge on any atom is -0.491 e. The lowest BCUT2D eigenvalue weighted by molar-refractivity contribution is -0.384. The first kappa shape index (κ1) is 13.2. The molecule has 1 aliphatic heterocycles. The molecule has 7 nitrogen and oxygen atoms in total. The smallest absolute Gasteiger partial charge is 0.273 e. The molecule has 0 saturated heterocycles. The van der Waals surface area contributed by atoms with Crippen molar-refractivity contribution in [2.75, 3.05) is 17.3 Å². The minimum atomic E-state index is -0.453. The van der Waals surface area contributed by atoms with Crippen molar-refractivity contribution in [3.63, 3.8) is 0 Å². The first-order valence-corrected chi connectivity index (χ1v) is 6.42. The lowest BCUT2D eigenvalue weighted by Gasteiger charge is -2.14. The van der Waals surface area contributed by atoms with Gasteiger partial charge in [0.2, 0.25) is 0 Å². The van der Waals surface area contributed by atoms with Crippen LogP contribution in [0.15, 0.2) is 42.5 Å². The standard InChI is InChI=1S/C14H14N4O3/c15-17-10-5-9(6-11(7-10)18(19)20)16-13-8-21-14-4-2-1-3-12(13)14/h1-7,13,16-17H,8,15H2. The number of benzene rings is 2. The molecule has 0 aliphatic carbocycles. The van der Waals surface area contributed by atoms with Crippen LogP contribution in [0.1, 0.15) is 11.6 Å². The van der Waals surface area contributed by atoms with E-state index in [0.29, 0.717) is 18.0 Å². The van der Waals surface area contributed by atoms with Crippen LogP contribution in [0.25, 0.3) is 0 Å². The molecule has 2 aromatic rings. The third-order valence-electron chi connectivity index (χ3n) is 3.34. The third-order valence-corrected chi connectivity index (χ3v) is 3.34. The second kappa shape index (κ2) is 5.29. The number of nitrogens with one attached hydrogen (secondary N) is 2. The molecule has 0 bridgehead atoms. The van der Waals surface area contributed by atoms with Crippen LogP contribution in [-0.4, -0.2) is 11.5 Å². The van der Waals surface area contributed by atoms with Crippen molar-refractivity contribution in [2.45, 2.75) is 6.04 Å². The summed E-state index contributed by atoms with van der Waals surface area (Å²) in [6.45, 7) is 0.480. The quantitative estimate of drug-likeness (QED) is 0.453. The Balaban J connectivity index is 1.89. The maximum absolute atomic E-state index is 10.9. The van der Waals surface area contributed by atoms with Gasteiger partial charge in [0.1, 0.15) is 12.4 Å². The van der Waals surface area contributed by atoms with Crippen LogP contribution in [0.2, 0.25) is 0 Å². The summed E-state index contributed by atoms with van der Waals surface area (Å²) in [5.74, 6) is 6.18. The molecule has 0 aromatic heterocycles. The molecule has 21 heavy (non-hydrogen) atoms. The number of nitrogens with zero attached hydrogens (tertiary/aromatic N) is 1. The molecule has 1 unspecified atom stereocenters. The van der Waals surface area contributed by atoms with Crippen molar-refractivity contribution in [1.82, 2.24) is 0 Å². The second-order valence-corrected chi connectivity index (χ2v) is 4.72. The van der Waals surface area contributed by atoms with Gasteiger partial charge in [-0.3, -0.25) is 16.0 Å². The molecule has 1 atom stereocenters. The Bertz CT molecular complexity index is 690. The van der Waals surface area contributed by atoms with E-state index in [9.17, 15) is 10.1 Å². The van der Waals surface area contributed by atoms with Crippen molar-refractivity contribution in [3.05, 3.63) is 58.1 Å². The molecule has 4 N–H and O–H groups in total. The van der Waals surface area contributed by atoms with Crippen molar-refractivity contribution in [2.24, 2.45) is 5.84 Å². The van der Waals surface area contributed by atoms with E-state index in [0.717, 1.165) is 11.3 Å². The number of nitrogens with two attached hydrogens (primary N) is 1. The Kier molecular flexibility index (Phi) is 3.33. The van der Waals surface area contributed by atoms with E-state index in [2.05, 4.69) is 10.7 Å². The molecule has 0 spiro atoms. The second-order valence-electron chi connectivity index (χ2n) is 4.72. The molecule has 7 heteroatoms. The Morgan fingerprint density at radius 3 is 2.76 bits per heavy atom. The molecule has 0 fully saturated rings. The van der Waals surface area contributed by atoms with E-state index >= 15 is 0 Å². The van der Waals surface area contributed by atoms with E-state index in [-0.39, 0.29) is 11.7 Å². The number of nitro groups is 1. The molecular formula is C14H14N4O3. The maximum Gasteiger partial charge on any atom is 0.273 e. The normalized spacial score (nSPS) is 16.0. The van der Waals surface area contributed by atoms with E-state index in [4.69, 9.17) is 10.6 Å². The molecule has 1 aliphatic rings. The van der Waals surface area contributed by atoms with Gasteiger partial charge in [0.15, 0.2) is 0 Å². The Morgan fingerprint density at radius 1 is 1.24 bits per heavy atom. The average Bonchev–Trinajstić information content (AvgIpc) is 2.90. The number of non-ortho nitro benzene ring substituents is 1. The highest BCUT2D eigenvalue weighted by molar-refractivity contribution is 5.64. The minimum absolute atomic E-state index is 0.0276. The fraction of sp³-hybridized carbons (Fsp3) is 0.143. The number of nitro benzene ring substituents is 1. The zero-order valence-electron chi connectivity index (χ0n) is 11.1. The highest BCUT2D eigenvalue weighted by Crippen LogP contribution is 2.35. The van der Waals surface area contributed by atoms with E-state index in [1.54, 1.807) is 6.07 Å². The summed E-state index contributed by atoms with van der Waals surface area (Å²) in [6, 6.07) is 12.2. The van der Waals surface area contributed by atoms with Gasteiger partial charge in [-0.1, -0.05) is 18.2 Å². The van der Waals surface area contributed by atoms with Gasteiger partial charge in [0, 0.05) is 23.4 Å². The Morgan fingerprint density at radius 2 is 2.00 bits per heavy atom. The Labute approximate surface area is 120 Å². The van der Waals surface area contributed by atoms with Gasteiger partial charge in [-0.15, -0.1) is 0 Å². The van der Waals surface area contributed by atoms with E-state index in [1.807, 2.05) is 24.3 Å². The molecule has 0 saturated carbocycles. The molecule has 0 amide bonds. The van der Waals surface area contributed by atoms with Crippen LogP contribution in [0.5, 0.6) is 5.75 Å². The lowest BCUT2D eigenvalue weighted by Crippen LogP contribution is -2.13. The number of anilines is 2. The molecule has 1 heterocycles. The van der Waals surface area contributed by atoms with Crippen LogP contribution in [0, 0.1) is 10.1 Å². The molecule has 108 valence electrons. The summed E-state index contributed by atoms with van der Waals surface area (Å²) >= 11 is 0. The predicted molar refractivity (Wildman–Crippen MR) is 79.2 cm³/mol. The Hall–Kier alpha value is -2.80. The summed E-state index contributed by atoms with van der Waals surface area (Å²) in [5, 5.41) is 14.2. The van der Waals surface area contributed by atoms with Crippen LogP contribution >= 0.6 is 0 Å². The molecule has 0 radical (unpaired) electrons. The fourth-order valence-corrected chi connectivity index (χ4v) is 2.37. The van der Waals surface area contributed by atoms with Crippen molar-refractivity contribution in [3.8, 4) is 5.75 Å².